The Labute approximate surface area is 181 Å². The average molecular weight is 415 g/mol. The molecule has 3 rings (SSSR count). The molecule has 4 nitrogen and oxygen atoms in total. The van der Waals surface area contributed by atoms with E-state index in [1.54, 1.807) is 0 Å². The van der Waals surface area contributed by atoms with Gasteiger partial charge in [0.25, 0.3) is 0 Å². The van der Waals surface area contributed by atoms with Crippen molar-refractivity contribution in [2.24, 2.45) is 22.7 Å². The van der Waals surface area contributed by atoms with E-state index in [0.717, 1.165) is 43.2 Å². The Morgan fingerprint density at radius 2 is 1.30 bits per heavy atom. The van der Waals surface area contributed by atoms with E-state index in [9.17, 15) is 19.8 Å². The molecule has 0 bridgehead atoms. The van der Waals surface area contributed by atoms with Crippen LogP contribution in [0.2, 0.25) is 0 Å². The van der Waals surface area contributed by atoms with Gasteiger partial charge in [0.05, 0.1) is 11.1 Å². The first-order valence-electron chi connectivity index (χ1n) is 11.4. The normalized spacial score (nSPS) is 30.6. The molecule has 2 saturated carbocycles. The Morgan fingerprint density at radius 3 is 1.77 bits per heavy atom. The topological polar surface area (TPSA) is 74.6 Å². The summed E-state index contributed by atoms with van der Waals surface area (Å²) >= 11 is 0. The van der Waals surface area contributed by atoms with Crippen molar-refractivity contribution in [3.8, 4) is 0 Å². The van der Waals surface area contributed by atoms with Crippen molar-refractivity contribution in [2.45, 2.75) is 91.9 Å². The highest BCUT2D eigenvalue weighted by atomic mass is 16.4. The van der Waals surface area contributed by atoms with Crippen molar-refractivity contribution in [1.82, 2.24) is 0 Å². The van der Waals surface area contributed by atoms with Crippen LogP contribution in [0.25, 0.3) is 0 Å². The van der Waals surface area contributed by atoms with Gasteiger partial charge in [-0.25, -0.2) is 9.59 Å². The van der Waals surface area contributed by atoms with Gasteiger partial charge in [-0.15, -0.1) is 0 Å². The van der Waals surface area contributed by atoms with E-state index in [1.165, 1.54) is 12.5 Å². The van der Waals surface area contributed by atoms with Crippen LogP contribution in [0.4, 0.5) is 0 Å². The molecule has 2 aliphatic rings. The number of aromatic carboxylic acids is 2. The molecular formula is C26H38O4. The van der Waals surface area contributed by atoms with E-state index in [1.807, 2.05) is 6.07 Å². The molecule has 2 aliphatic carbocycles. The number of hydrogen-bond acceptors (Lipinski definition) is 2. The second-order valence-electron chi connectivity index (χ2n) is 11.8. The first-order chi connectivity index (χ1) is 13.8. The van der Waals surface area contributed by atoms with Gasteiger partial charge < -0.3 is 10.2 Å². The minimum atomic E-state index is -1.15. The zero-order chi connectivity index (χ0) is 22.4. The lowest BCUT2D eigenvalue weighted by molar-refractivity contribution is 0.0648. The van der Waals surface area contributed by atoms with Crippen LogP contribution in [0.15, 0.2) is 12.1 Å². The summed E-state index contributed by atoms with van der Waals surface area (Å²) in [5.41, 5.74) is 2.19. The Kier molecular flexibility index (Phi) is 6.10. The average Bonchev–Trinajstić information content (AvgIpc) is 2.56. The Bertz CT molecular complexity index is 836. The van der Waals surface area contributed by atoms with Crippen molar-refractivity contribution in [1.29, 1.82) is 0 Å². The van der Waals surface area contributed by atoms with Crippen LogP contribution in [0.1, 0.15) is 124 Å². The Hall–Kier alpha value is -1.84. The molecule has 2 N–H and O–H groups in total. The van der Waals surface area contributed by atoms with Crippen LogP contribution in [0, 0.1) is 22.7 Å². The minimum absolute atomic E-state index is 0.0333. The third-order valence-corrected chi connectivity index (χ3v) is 7.35. The number of hydrogen-bond donors (Lipinski definition) is 2. The zero-order valence-corrected chi connectivity index (χ0v) is 19.4. The Balaban J connectivity index is 2.21. The van der Waals surface area contributed by atoms with Crippen molar-refractivity contribution in [3.63, 3.8) is 0 Å². The van der Waals surface area contributed by atoms with Gasteiger partial charge in [0.2, 0.25) is 0 Å². The van der Waals surface area contributed by atoms with Gasteiger partial charge in [0, 0.05) is 0 Å². The molecule has 0 radical (unpaired) electrons. The highest BCUT2D eigenvalue weighted by Crippen LogP contribution is 2.52. The maximum Gasteiger partial charge on any atom is 0.336 e. The first kappa shape index (κ1) is 22.8. The zero-order valence-electron chi connectivity index (χ0n) is 19.4. The number of carboxylic acid groups (broad SMARTS) is 2. The molecule has 0 heterocycles. The minimum Gasteiger partial charge on any atom is -0.478 e. The molecular weight excluding hydrogens is 376 g/mol. The summed E-state index contributed by atoms with van der Waals surface area (Å²) in [6.07, 6.45) is 6.17. The van der Waals surface area contributed by atoms with Gasteiger partial charge in [-0.3, -0.25) is 0 Å². The quantitative estimate of drug-likeness (QED) is 0.559. The van der Waals surface area contributed by atoms with Crippen LogP contribution >= 0.6 is 0 Å². The molecule has 0 saturated heterocycles. The number of rotatable bonds is 4. The smallest absolute Gasteiger partial charge is 0.336 e. The van der Waals surface area contributed by atoms with E-state index in [2.05, 4.69) is 41.5 Å². The molecule has 0 spiro atoms. The van der Waals surface area contributed by atoms with Crippen LogP contribution in [-0.4, -0.2) is 22.2 Å². The maximum atomic E-state index is 12.4. The van der Waals surface area contributed by atoms with Crippen LogP contribution in [0.3, 0.4) is 0 Å². The molecule has 2 unspecified atom stereocenters. The number of benzene rings is 1. The summed E-state index contributed by atoms with van der Waals surface area (Å²) in [6, 6.07) is 3.48. The van der Waals surface area contributed by atoms with E-state index in [-0.39, 0.29) is 33.8 Å². The maximum absolute atomic E-state index is 12.4. The fourth-order valence-corrected chi connectivity index (χ4v) is 6.99. The summed E-state index contributed by atoms with van der Waals surface area (Å²) in [5.74, 6) is -0.835. The molecule has 0 aromatic heterocycles. The summed E-state index contributed by atoms with van der Waals surface area (Å²) in [4.78, 5) is 24.3. The van der Waals surface area contributed by atoms with E-state index >= 15 is 0 Å². The van der Waals surface area contributed by atoms with Crippen molar-refractivity contribution >= 4 is 11.9 Å². The van der Waals surface area contributed by atoms with Crippen molar-refractivity contribution < 1.29 is 19.8 Å². The third-order valence-electron chi connectivity index (χ3n) is 7.35. The second-order valence-corrected chi connectivity index (χ2v) is 11.8. The summed E-state index contributed by atoms with van der Waals surface area (Å²) in [5, 5.41) is 19.9. The monoisotopic (exact) mass is 414 g/mol. The standard InChI is InChI=1S/C26H38O4/c1-15-9-17(13-25(3,4)11-15)19-7-8-20(23(27)28)22(24(29)30)21(19)18-10-16(2)12-26(5,6)14-18/h7-8,15-18H,9-14H2,1-6H3,(H,27,28)(H,29,30)/t15?,16-,17?,18+/m0/s1. The first-order valence-corrected chi connectivity index (χ1v) is 11.4. The van der Waals surface area contributed by atoms with Gasteiger partial charge in [0.1, 0.15) is 0 Å². The van der Waals surface area contributed by atoms with Crippen LogP contribution in [-0.2, 0) is 0 Å². The summed E-state index contributed by atoms with van der Waals surface area (Å²) in [6.45, 7) is 13.6. The lowest BCUT2D eigenvalue weighted by Gasteiger charge is -2.43. The van der Waals surface area contributed by atoms with Crippen molar-refractivity contribution in [2.75, 3.05) is 0 Å². The SMILES string of the molecule is CC1CC(c2ccc(C(=O)O)c(C(=O)O)c2[C@@H]2C[C@H](C)CC(C)(C)C2)CC(C)(C)C1. The fraction of sp³-hybridized carbons (Fsp3) is 0.692. The summed E-state index contributed by atoms with van der Waals surface area (Å²) in [7, 11) is 0. The highest BCUT2D eigenvalue weighted by Gasteiger charge is 2.40. The van der Waals surface area contributed by atoms with E-state index in [0.29, 0.717) is 11.8 Å². The second kappa shape index (κ2) is 8.01. The molecule has 166 valence electrons. The molecule has 1 aromatic rings. The number of carboxylic acids is 2. The molecule has 30 heavy (non-hydrogen) atoms. The van der Waals surface area contributed by atoms with Gasteiger partial charge in [0.15, 0.2) is 0 Å². The molecule has 0 amide bonds. The lowest BCUT2D eigenvalue weighted by atomic mass is 9.61. The van der Waals surface area contributed by atoms with Crippen molar-refractivity contribution in [3.05, 3.63) is 34.4 Å². The number of carbonyl (C=O) groups is 2. The van der Waals surface area contributed by atoms with Gasteiger partial charge in [-0.05, 0) is 90.2 Å². The molecule has 4 heteroatoms. The van der Waals surface area contributed by atoms with Gasteiger partial charge in [-0.1, -0.05) is 47.6 Å². The van der Waals surface area contributed by atoms with Gasteiger partial charge >= 0.3 is 11.9 Å². The largest absolute Gasteiger partial charge is 0.478 e. The molecule has 4 atom stereocenters. The van der Waals surface area contributed by atoms with E-state index in [4.69, 9.17) is 0 Å². The fourth-order valence-electron chi connectivity index (χ4n) is 6.99. The van der Waals surface area contributed by atoms with Crippen LogP contribution in [0.5, 0.6) is 0 Å². The molecule has 1 aromatic carbocycles. The predicted octanol–water partition coefficient (Wildman–Crippen LogP) is 6.94. The Morgan fingerprint density at radius 1 is 0.800 bits per heavy atom. The van der Waals surface area contributed by atoms with Crippen LogP contribution < -0.4 is 0 Å². The summed E-state index contributed by atoms with van der Waals surface area (Å²) < 4.78 is 0. The third kappa shape index (κ3) is 4.73. The van der Waals surface area contributed by atoms with Gasteiger partial charge in [-0.2, -0.15) is 0 Å². The predicted molar refractivity (Wildman–Crippen MR) is 119 cm³/mol. The highest BCUT2D eigenvalue weighted by molar-refractivity contribution is 6.03. The van der Waals surface area contributed by atoms with E-state index < -0.39 is 11.9 Å². The molecule has 2 fully saturated rings. The molecule has 0 aliphatic heterocycles. The lowest BCUT2D eigenvalue weighted by Crippen LogP contribution is -2.31.